The first kappa shape index (κ1) is 22.2. The van der Waals surface area contributed by atoms with Gasteiger partial charge in [0.05, 0.1) is 12.8 Å². The van der Waals surface area contributed by atoms with Crippen LogP contribution in [0.3, 0.4) is 0 Å². The van der Waals surface area contributed by atoms with Crippen LogP contribution in [0, 0.1) is 6.92 Å². The van der Waals surface area contributed by atoms with E-state index < -0.39 is 5.25 Å². The van der Waals surface area contributed by atoms with Crippen molar-refractivity contribution in [3.05, 3.63) is 84.2 Å². The predicted octanol–water partition coefficient (Wildman–Crippen LogP) is 5.46. The van der Waals surface area contributed by atoms with Crippen molar-refractivity contribution >= 4 is 23.4 Å². The van der Waals surface area contributed by atoms with Crippen molar-refractivity contribution in [1.29, 1.82) is 0 Å². The zero-order chi connectivity index (χ0) is 23.5. The number of hydrogen-bond acceptors (Lipinski definition) is 6. The third-order valence-electron chi connectivity index (χ3n) is 5.67. The van der Waals surface area contributed by atoms with Crippen molar-refractivity contribution in [2.45, 2.75) is 36.2 Å². The monoisotopic (exact) mass is 471 g/mol. The largest absolute Gasteiger partial charge is 0.495 e. The summed E-state index contributed by atoms with van der Waals surface area (Å²) in [6, 6.07) is 19.7. The lowest BCUT2D eigenvalue weighted by atomic mass is 10.1. The number of hydrogen-bond donors (Lipinski definition) is 1. The number of nitrogens with one attached hydrogen (secondary N) is 1. The number of carbonyl (C=O) groups excluding carboxylic acids is 1. The summed E-state index contributed by atoms with van der Waals surface area (Å²) in [7, 11) is 1.60. The van der Waals surface area contributed by atoms with Gasteiger partial charge in [0.2, 0.25) is 5.91 Å². The summed E-state index contributed by atoms with van der Waals surface area (Å²) < 4.78 is 7.61. The van der Waals surface area contributed by atoms with E-state index in [1.807, 2.05) is 67.6 Å². The Kier molecular flexibility index (Phi) is 6.31. The van der Waals surface area contributed by atoms with E-state index in [1.165, 1.54) is 11.8 Å². The molecule has 4 aromatic rings. The Labute approximate surface area is 202 Å². The zero-order valence-corrected chi connectivity index (χ0v) is 19.8. The van der Waals surface area contributed by atoms with Crippen molar-refractivity contribution in [3.63, 3.8) is 0 Å². The van der Waals surface area contributed by atoms with Crippen molar-refractivity contribution in [2.24, 2.45) is 0 Å². The van der Waals surface area contributed by atoms with E-state index in [9.17, 15) is 4.79 Å². The average Bonchev–Trinajstić information content (AvgIpc) is 3.62. The molecule has 1 atom stereocenters. The van der Waals surface area contributed by atoms with Crippen LogP contribution in [0.1, 0.15) is 35.3 Å². The van der Waals surface area contributed by atoms with Crippen molar-refractivity contribution in [1.82, 2.24) is 19.7 Å². The van der Waals surface area contributed by atoms with E-state index in [-0.39, 0.29) is 5.91 Å². The normalized spacial score (nSPS) is 13.9. The number of carbonyl (C=O) groups is 1. The number of aromatic nitrogens is 4. The molecule has 1 aliphatic rings. The maximum Gasteiger partial charge on any atom is 0.242 e. The first-order valence-electron chi connectivity index (χ1n) is 11.2. The Balaban J connectivity index is 1.49. The van der Waals surface area contributed by atoms with Gasteiger partial charge >= 0.3 is 0 Å². The van der Waals surface area contributed by atoms with Gasteiger partial charge < -0.3 is 10.1 Å². The minimum Gasteiger partial charge on any atom is -0.495 e. The summed E-state index contributed by atoms with van der Waals surface area (Å²) in [6.07, 6.45) is 5.68. The highest BCUT2D eigenvalue weighted by molar-refractivity contribution is 8.00. The van der Waals surface area contributed by atoms with E-state index >= 15 is 0 Å². The third-order valence-corrected chi connectivity index (χ3v) is 6.88. The third kappa shape index (κ3) is 4.68. The number of thioether (sulfide) groups is 1. The molecule has 8 heteroatoms. The summed E-state index contributed by atoms with van der Waals surface area (Å²) in [5.41, 5.74) is 3.49. The molecular weight excluding hydrogens is 446 g/mol. The Bertz CT molecular complexity index is 1290. The van der Waals surface area contributed by atoms with Gasteiger partial charge in [-0.2, -0.15) is 0 Å². The van der Waals surface area contributed by atoms with Gasteiger partial charge in [-0.05, 0) is 55.2 Å². The molecule has 5 rings (SSSR count). The molecule has 0 saturated heterocycles. The highest BCUT2D eigenvalue weighted by Crippen LogP contribution is 2.44. The number of anilines is 1. The average molecular weight is 472 g/mol. The molecule has 0 bridgehead atoms. The molecule has 1 aliphatic carbocycles. The molecule has 2 heterocycles. The van der Waals surface area contributed by atoms with Gasteiger partial charge in [-0.25, -0.2) is 0 Å². The molecule has 0 spiro atoms. The molecule has 0 aliphatic heterocycles. The lowest BCUT2D eigenvalue weighted by molar-refractivity contribution is -0.115. The standard InChI is InChI=1S/C26H25N5O2S/c1-17-10-13-22(33-2)21(15-17)28-25(32)23(18-7-4-3-5-8-18)34-26-30-29-24(31(26)20-11-12-20)19-9-6-14-27-16-19/h3-10,13-16,20,23H,11-12H2,1-2H3,(H,28,32). The lowest BCUT2D eigenvalue weighted by Crippen LogP contribution is -2.20. The molecule has 7 nitrogen and oxygen atoms in total. The number of pyridine rings is 1. The first-order valence-corrected chi connectivity index (χ1v) is 12.0. The quantitative estimate of drug-likeness (QED) is 0.344. The molecule has 2 aromatic heterocycles. The van der Waals surface area contributed by atoms with E-state index in [4.69, 9.17) is 4.74 Å². The van der Waals surface area contributed by atoms with Crippen LogP contribution < -0.4 is 10.1 Å². The number of aryl methyl sites for hydroxylation is 1. The van der Waals surface area contributed by atoms with E-state index in [0.29, 0.717) is 17.5 Å². The van der Waals surface area contributed by atoms with E-state index in [0.717, 1.165) is 40.5 Å². The van der Waals surface area contributed by atoms with Gasteiger partial charge in [0.15, 0.2) is 11.0 Å². The number of ether oxygens (including phenoxy) is 1. The summed E-state index contributed by atoms with van der Waals surface area (Å²) in [6.45, 7) is 1.98. The van der Waals surface area contributed by atoms with Crippen LogP contribution in [0.25, 0.3) is 11.4 Å². The van der Waals surface area contributed by atoms with Gasteiger partial charge in [0, 0.05) is 24.0 Å². The highest BCUT2D eigenvalue weighted by Gasteiger charge is 2.33. The summed E-state index contributed by atoms with van der Waals surface area (Å²) in [5, 5.41) is 12.3. The van der Waals surface area contributed by atoms with Crippen LogP contribution in [0.2, 0.25) is 0 Å². The summed E-state index contributed by atoms with van der Waals surface area (Å²) >= 11 is 1.41. The van der Waals surface area contributed by atoms with Gasteiger partial charge in [0.1, 0.15) is 11.0 Å². The van der Waals surface area contributed by atoms with Crippen LogP contribution in [0.15, 0.2) is 78.2 Å². The fraction of sp³-hybridized carbons (Fsp3) is 0.231. The minimum absolute atomic E-state index is 0.145. The topological polar surface area (TPSA) is 81.9 Å². The molecular formula is C26H25N5O2S. The second-order valence-electron chi connectivity index (χ2n) is 8.25. The molecule has 1 N–H and O–H groups in total. The van der Waals surface area contributed by atoms with Gasteiger partial charge in [0.25, 0.3) is 0 Å². The van der Waals surface area contributed by atoms with Crippen LogP contribution in [0.4, 0.5) is 5.69 Å². The zero-order valence-electron chi connectivity index (χ0n) is 19.0. The highest BCUT2D eigenvalue weighted by atomic mass is 32.2. The van der Waals surface area contributed by atoms with Crippen molar-refractivity contribution < 1.29 is 9.53 Å². The number of nitrogens with zero attached hydrogens (tertiary/aromatic N) is 4. The fourth-order valence-electron chi connectivity index (χ4n) is 3.84. The second kappa shape index (κ2) is 9.69. The minimum atomic E-state index is -0.519. The molecule has 172 valence electrons. The summed E-state index contributed by atoms with van der Waals surface area (Å²) in [5.74, 6) is 1.26. The SMILES string of the molecule is COc1ccc(C)cc1NC(=O)C(Sc1nnc(-c2cccnc2)n1C1CC1)c1ccccc1. The van der Waals surface area contributed by atoms with Gasteiger partial charge in [-0.15, -0.1) is 10.2 Å². The number of benzene rings is 2. The van der Waals surface area contributed by atoms with E-state index in [2.05, 4.69) is 25.1 Å². The maximum atomic E-state index is 13.6. The number of rotatable bonds is 8. The number of methoxy groups -OCH3 is 1. The second-order valence-corrected chi connectivity index (χ2v) is 9.32. The van der Waals surface area contributed by atoms with E-state index in [1.54, 1.807) is 19.5 Å². The molecule has 1 amide bonds. The Morgan fingerprint density at radius 1 is 1.12 bits per heavy atom. The van der Waals surface area contributed by atoms with Crippen LogP contribution >= 0.6 is 11.8 Å². The van der Waals surface area contributed by atoms with Crippen molar-refractivity contribution in [2.75, 3.05) is 12.4 Å². The molecule has 34 heavy (non-hydrogen) atoms. The molecule has 1 saturated carbocycles. The van der Waals surface area contributed by atoms with Crippen LogP contribution in [0.5, 0.6) is 5.75 Å². The molecule has 0 radical (unpaired) electrons. The first-order chi connectivity index (χ1) is 16.6. The Morgan fingerprint density at radius 3 is 2.65 bits per heavy atom. The fourth-order valence-corrected chi connectivity index (χ4v) is 4.94. The van der Waals surface area contributed by atoms with Crippen molar-refractivity contribution in [3.8, 4) is 17.1 Å². The summed E-state index contributed by atoms with van der Waals surface area (Å²) in [4.78, 5) is 17.8. The van der Waals surface area contributed by atoms with Crippen LogP contribution in [-0.4, -0.2) is 32.8 Å². The maximum absolute atomic E-state index is 13.6. The predicted molar refractivity (Wildman–Crippen MR) is 133 cm³/mol. The Morgan fingerprint density at radius 2 is 1.94 bits per heavy atom. The van der Waals surface area contributed by atoms with Crippen LogP contribution in [-0.2, 0) is 4.79 Å². The number of amides is 1. The van der Waals surface area contributed by atoms with Gasteiger partial charge in [-0.3, -0.25) is 14.3 Å². The smallest absolute Gasteiger partial charge is 0.242 e. The molecule has 1 fully saturated rings. The lowest BCUT2D eigenvalue weighted by Gasteiger charge is -2.19. The molecule has 1 unspecified atom stereocenters. The molecule has 2 aromatic carbocycles. The van der Waals surface area contributed by atoms with Gasteiger partial charge in [-0.1, -0.05) is 48.2 Å². The Hall–Kier alpha value is -3.65.